The van der Waals surface area contributed by atoms with Crippen molar-refractivity contribution >= 4 is 43.5 Å². The molecule has 0 spiro atoms. The summed E-state index contributed by atoms with van der Waals surface area (Å²) in [5, 5.41) is 18.3. The van der Waals surface area contributed by atoms with E-state index in [1.54, 1.807) is 0 Å². The van der Waals surface area contributed by atoms with Gasteiger partial charge in [-0.05, 0) is 47.3 Å². The first-order chi connectivity index (χ1) is 9.71. The smallest absolute Gasteiger partial charge is 0.337 e. The van der Waals surface area contributed by atoms with Gasteiger partial charge in [0.05, 0.1) is 27.6 Å². The summed E-state index contributed by atoms with van der Waals surface area (Å²) in [6.45, 7) is -0.299. The largest absolute Gasteiger partial charge is 0.478 e. The Kier molecular flexibility index (Phi) is 4.65. The van der Waals surface area contributed by atoms with Crippen molar-refractivity contribution in [3.63, 3.8) is 0 Å². The molecule has 1 aliphatic rings. The molecular formula is C12H13BrClNO5S. The van der Waals surface area contributed by atoms with Crippen LogP contribution < -0.4 is 4.72 Å². The summed E-state index contributed by atoms with van der Waals surface area (Å²) in [5.74, 6) is -1.32. The summed E-state index contributed by atoms with van der Waals surface area (Å²) in [6, 6.07) is 2.24. The Morgan fingerprint density at radius 2 is 2.05 bits per heavy atom. The summed E-state index contributed by atoms with van der Waals surface area (Å²) in [4.78, 5) is 10.9. The molecule has 0 amide bonds. The first kappa shape index (κ1) is 16.7. The molecule has 0 saturated heterocycles. The molecule has 0 bridgehead atoms. The lowest BCUT2D eigenvalue weighted by molar-refractivity contribution is 0.0696. The van der Waals surface area contributed by atoms with Crippen LogP contribution in [0.3, 0.4) is 0 Å². The number of nitrogens with one attached hydrogen (secondary N) is 1. The van der Waals surface area contributed by atoms with Crippen molar-refractivity contribution in [3.8, 4) is 0 Å². The van der Waals surface area contributed by atoms with Gasteiger partial charge in [-0.25, -0.2) is 17.9 Å². The number of hydrogen-bond donors (Lipinski definition) is 3. The number of rotatable bonds is 5. The Hall–Kier alpha value is -0.670. The zero-order valence-electron chi connectivity index (χ0n) is 10.8. The molecule has 116 valence electrons. The molecule has 3 N–H and O–H groups in total. The van der Waals surface area contributed by atoms with E-state index in [0.717, 1.165) is 12.5 Å². The SMILES string of the molecule is O=C(O)c1cc(S(=O)(=O)NC2(CO)CCC2)cc(Br)c1Cl. The van der Waals surface area contributed by atoms with Gasteiger partial charge in [-0.15, -0.1) is 0 Å². The molecule has 0 heterocycles. The zero-order valence-corrected chi connectivity index (χ0v) is 13.9. The van der Waals surface area contributed by atoms with Crippen molar-refractivity contribution in [1.29, 1.82) is 0 Å². The van der Waals surface area contributed by atoms with Crippen molar-refractivity contribution in [1.82, 2.24) is 4.72 Å². The van der Waals surface area contributed by atoms with Crippen molar-refractivity contribution in [2.75, 3.05) is 6.61 Å². The first-order valence-electron chi connectivity index (χ1n) is 6.08. The number of aliphatic hydroxyl groups excluding tert-OH is 1. The zero-order chi connectivity index (χ0) is 15.8. The Bertz CT molecular complexity index is 682. The molecule has 1 saturated carbocycles. The van der Waals surface area contributed by atoms with E-state index >= 15 is 0 Å². The Balaban J connectivity index is 2.43. The molecule has 1 aromatic rings. The van der Waals surface area contributed by atoms with Crippen LogP contribution in [0.15, 0.2) is 21.5 Å². The highest BCUT2D eigenvalue weighted by Gasteiger charge is 2.40. The summed E-state index contributed by atoms with van der Waals surface area (Å²) < 4.78 is 27.3. The highest BCUT2D eigenvalue weighted by atomic mass is 79.9. The maximum Gasteiger partial charge on any atom is 0.337 e. The van der Waals surface area contributed by atoms with Gasteiger partial charge in [0, 0.05) is 4.47 Å². The topological polar surface area (TPSA) is 104 Å². The van der Waals surface area contributed by atoms with E-state index in [1.807, 2.05) is 0 Å². The Morgan fingerprint density at radius 1 is 1.43 bits per heavy atom. The van der Waals surface area contributed by atoms with Crippen LogP contribution in [0.1, 0.15) is 29.6 Å². The Morgan fingerprint density at radius 3 is 2.48 bits per heavy atom. The molecule has 1 fully saturated rings. The number of carbonyl (C=O) groups is 1. The number of aliphatic hydroxyl groups is 1. The lowest BCUT2D eigenvalue weighted by Gasteiger charge is -2.40. The van der Waals surface area contributed by atoms with Crippen LogP contribution >= 0.6 is 27.5 Å². The maximum absolute atomic E-state index is 12.4. The van der Waals surface area contributed by atoms with Gasteiger partial charge in [0.25, 0.3) is 0 Å². The van der Waals surface area contributed by atoms with Crippen molar-refractivity contribution < 1.29 is 23.4 Å². The number of carboxylic acids is 1. The first-order valence-corrected chi connectivity index (χ1v) is 8.73. The van der Waals surface area contributed by atoms with E-state index in [-0.39, 0.29) is 26.6 Å². The molecule has 0 radical (unpaired) electrons. The predicted octanol–water partition coefficient (Wildman–Crippen LogP) is 1.99. The second-order valence-corrected chi connectivity index (χ2v) is 7.88. The fourth-order valence-electron chi connectivity index (χ4n) is 2.11. The van der Waals surface area contributed by atoms with Crippen LogP contribution in [0.2, 0.25) is 5.02 Å². The van der Waals surface area contributed by atoms with Gasteiger partial charge in [-0.1, -0.05) is 11.6 Å². The van der Waals surface area contributed by atoms with Gasteiger partial charge in [-0.3, -0.25) is 0 Å². The fourth-order valence-corrected chi connectivity index (χ4v) is 4.42. The standard InChI is InChI=1S/C12H13BrClNO5S/c13-9-5-7(4-8(10(9)14)11(17)18)21(19,20)15-12(6-16)2-1-3-12/h4-5,15-16H,1-3,6H2,(H,17,18). The molecule has 9 heteroatoms. The minimum atomic E-state index is -3.95. The number of halogens is 2. The van der Waals surface area contributed by atoms with Crippen molar-refractivity contribution in [2.45, 2.75) is 29.7 Å². The number of aromatic carboxylic acids is 1. The van der Waals surface area contributed by atoms with E-state index in [0.29, 0.717) is 12.8 Å². The normalized spacial score (nSPS) is 17.3. The minimum Gasteiger partial charge on any atom is -0.478 e. The summed E-state index contributed by atoms with van der Waals surface area (Å²) in [7, 11) is -3.95. The maximum atomic E-state index is 12.4. The summed E-state index contributed by atoms with van der Waals surface area (Å²) >= 11 is 8.87. The highest BCUT2D eigenvalue weighted by molar-refractivity contribution is 9.10. The monoisotopic (exact) mass is 397 g/mol. The van der Waals surface area contributed by atoms with Gasteiger partial charge in [-0.2, -0.15) is 0 Å². The second-order valence-electron chi connectivity index (χ2n) is 4.97. The third kappa shape index (κ3) is 3.24. The molecule has 1 aliphatic carbocycles. The van der Waals surface area contributed by atoms with Crippen LogP contribution in [-0.4, -0.2) is 36.7 Å². The van der Waals surface area contributed by atoms with Gasteiger partial charge in [0.2, 0.25) is 10.0 Å². The molecule has 6 nitrogen and oxygen atoms in total. The van der Waals surface area contributed by atoms with Crippen molar-refractivity contribution in [3.05, 3.63) is 27.2 Å². The van der Waals surface area contributed by atoms with E-state index in [4.69, 9.17) is 16.7 Å². The van der Waals surface area contributed by atoms with Crippen LogP contribution in [0, 0.1) is 0 Å². The van der Waals surface area contributed by atoms with Gasteiger partial charge in [0.15, 0.2) is 0 Å². The van der Waals surface area contributed by atoms with E-state index in [9.17, 15) is 18.3 Å². The molecule has 2 rings (SSSR count). The van der Waals surface area contributed by atoms with Gasteiger partial charge >= 0.3 is 5.97 Å². The number of carboxylic acid groups (broad SMARTS) is 1. The van der Waals surface area contributed by atoms with Crippen molar-refractivity contribution in [2.24, 2.45) is 0 Å². The van der Waals surface area contributed by atoms with Gasteiger partial charge in [0.1, 0.15) is 0 Å². The molecule has 21 heavy (non-hydrogen) atoms. The molecule has 1 aromatic carbocycles. The van der Waals surface area contributed by atoms with Crippen LogP contribution in [0.25, 0.3) is 0 Å². The third-order valence-electron chi connectivity index (χ3n) is 3.51. The lowest BCUT2D eigenvalue weighted by Crippen LogP contribution is -2.55. The minimum absolute atomic E-state index is 0.0676. The molecule has 0 aliphatic heterocycles. The lowest BCUT2D eigenvalue weighted by atomic mass is 9.78. The molecular weight excluding hydrogens is 386 g/mol. The summed E-state index contributed by atoms with van der Waals surface area (Å²) in [5.41, 5.74) is -1.16. The fraction of sp³-hybridized carbons (Fsp3) is 0.417. The summed E-state index contributed by atoms with van der Waals surface area (Å²) in [6.07, 6.45) is 1.92. The van der Waals surface area contributed by atoms with Crippen LogP contribution in [0.4, 0.5) is 0 Å². The molecule has 0 aromatic heterocycles. The van der Waals surface area contributed by atoms with E-state index < -0.39 is 21.5 Å². The number of benzene rings is 1. The molecule has 0 unspecified atom stereocenters. The predicted molar refractivity (Wildman–Crippen MR) is 80.1 cm³/mol. The van der Waals surface area contributed by atoms with E-state index in [2.05, 4.69) is 20.7 Å². The van der Waals surface area contributed by atoms with E-state index in [1.165, 1.54) is 6.07 Å². The molecule has 0 atom stereocenters. The quantitative estimate of drug-likeness (QED) is 0.704. The van der Waals surface area contributed by atoms with Crippen LogP contribution in [0.5, 0.6) is 0 Å². The van der Waals surface area contributed by atoms with Crippen LogP contribution in [-0.2, 0) is 10.0 Å². The number of sulfonamides is 1. The number of hydrogen-bond acceptors (Lipinski definition) is 4. The highest BCUT2D eigenvalue weighted by Crippen LogP contribution is 2.34. The Labute approximate surface area is 135 Å². The average Bonchev–Trinajstić information content (AvgIpc) is 2.36. The van der Waals surface area contributed by atoms with Gasteiger partial charge < -0.3 is 10.2 Å². The third-order valence-corrected chi connectivity index (χ3v) is 6.33. The second kappa shape index (κ2) is 5.85. The average molecular weight is 399 g/mol.